The Morgan fingerprint density at radius 3 is 1.80 bits per heavy atom. The zero-order chi connectivity index (χ0) is 42.0. The monoisotopic (exact) mass is 846 g/mol. The number of aromatic hydroxyl groups is 1. The summed E-state index contributed by atoms with van der Waals surface area (Å²) < 4.78 is 57.1. The van der Waals surface area contributed by atoms with Gasteiger partial charge < -0.3 is 28.6 Å². The normalized spacial score (nSPS) is 9.58. The number of hydrogen-bond donors (Lipinski definition) is 2. The number of carbonyl (C=O) groups is 1. The minimum atomic E-state index is -3.75. The minimum Gasteiger partial charge on any atom is -0.507 e. The Bertz CT molecular complexity index is 1840. The van der Waals surface area contributed by atoms with Gasteiger partial charge in [-0.05, 0) is 43.0 Å². The molecule has 3 aromatic rings. The number of halogens is 1. The molecule has 0 radical (unpaired) electrons. The summed E-state index contributed by atoms with van der Waals surface area (Å²) in [5.74, 6) is 0.819. The van der Waals surface area contributed by atoms with Crippen LogP contribution in [0.3, 0.4) is 0 Å². The molecule has 3 rings (SSSR count). The summed E-state index contributed by atoms with van der Waals surface area (Å²) in [5, 5.41) is 42.7. The molecular formula is C33H40FK2N4O14S+. The van der Waals surface area contributed by atoms with E-state index in [2.05, 4.69) is 19.2 Å². The SMILES string of the molecule is COc1cc(C(C)C)c(O)cc1[N+](=O)[O-].COc1cc(C(C)C)c(OCC#N)cc1[N+](=O)[O-].[2H]OOC=O.[C-]#[N+]COS(=O)(=O)c1ccc(C)cc1.[CH2-]F.[K+].[K+]. The van der Waals surface area contributed by atoms with E-state index in [1.54, 1.807) is 25.4 Å². The molecule has 0 aliphatic rings. The van der Waals surface area contributed by atoms with E-state index in [4.69, 9.17) is 32.3 Å². The van der Waals surface area contributed by atoms with Gasteiger partial charge in [-0.1, -0.05) is 45.4 Å². The number of methoxy groups -OCH3 is 2. The number of nitrogens with zero attached hydrogens (tertiary/aromatic N) is 4. The summed E-state index contributed by atoms with van der Waals surface area (Å²) in [5.41, 5.74) is 1.98. The number of phenolic OH excluding ortho intramolecular Hbond substituents is 1. The standard InChI is InChI=1S/C12H14N2O4.C10H13NO4.C9H9NO3S.CH2F.CH2O3.2K/c1-8(2)9-6-12(17-3)10(14(15)16)7-11(9)18-5-4-13;1-6(2)7-4-10(15-3)8(11(13)14)5-9(7)12;1-8-3-5-9(6-4-8)14(11,12)13-7-10-2;1-2;2-1-4-3;;/h6-8H,5H2,1-3H3;4-6,12H,1-3H3;3-6H,7H2,1H3;1H2;1,3H;;/q;;;-1;;2*+1/i/hD. The molecule has 0 heterocycles. The summed E-state index contributed by atoms with van der Waals surface area (Å²) in [6.45, 7) is 15.3. The Kier molecular flexibility index (Phi) is 33.2. The van der Waals surface area contributed by atoms with Crippen molar-refractivity contribution in [2.45, 2.75) is 51.3 Å². The number of aryl methyl sites for hydroxylation is 1. The maximum absolute atomic E-state index is 11.3. The number of hydrogen-bond acceptors (Lipinski definition) is 15. The van der Waals surface area contributed by atoms with Crippen LogP contribution in [-0.4, -0.2) is 62.7 Å². The molecule has 290 valence electrons. The van der Waals surface area contributed by atoms with Crippen LogP contribution in [0.15, 0.2) is 53.4 Å². The zero-order valence-electron chi connectivity index (χ0n) is 32.8. The predicted molar refractivity (Wildman–Crippen MR) is 187 cm³/mol. The van der Waals surface area contributed by atoms with Crippen LogP contribution in [0.1, 0.15) is 56.2 Å². The first-order valence-electron chi connectivity index (χ1n) is 15.1. The van der Waals surface area contributed by atoms with Gasteiger partial charge >= 0.3 is 137 Å². The molecule has 2 N–H and O–H groups in total. The third-order valence-electron chi connectivity index (χ3n) is 6.19. The molecule has 0 spiro atoms. The third-order valence-corrected chi connectivity index (χ3v) is 7.46. The van der Waals surface area contributed by atoms with Crippen LogP contribution >= 0.6 is 0 Å². The van der Waals surface area contributed by atoms with Crippen molar-refractivity contribution < 1.29 is 164 Å². The third kappa shape index (κ3) is 21.9. The number of nitriles is 1. The van der Waals surface area contributed by atoms with Crippen molar-refractivity contribution in [3.05, 3.63) is 104 Å². The van der Waals surface area contributed by atoms with Crippen molar-refractivity contribution in [1.82, 2.24) is 0 Å². The zero-order valence-corrected chi connectivity index (χ0v) is 38.9. The number of ether oxygens (including phenoxy) is 3. The fourth-order valence-electron chi connectivity index (χ4n) is 3.77. The molecule has 0 aliphatic heterocycles. The number of nitro groups is 2. The molecule has 0 saturated heterocycles. The first-order chi connectivity index (χ1) is 25.4. The van der Waals surface area contributed by atoms with Gasteiger partial charge in [0.1, 0.15) is 17.6 Å². The van der Waals surface area contributed by atoms with Crippen LogP contribution in [0.4, 0.5) is 15.8 Å². The summed E-state index contributed by atoms with van der Waals surface area (Å²) in [6, 6.07) is 13.6. The molecule has 0 bridgehead atoms. The Morgan fingerprint density at radius 1 is 0.964 bits per heavy atom. The molecule has 0 aromatic heterocycles. The smallest absolute Gasteiger partial charge is 0.507 e. The maximum Gasteiger partial charge on any atom is 1.00 e. The van der Waals surface area contributed by atoms with Crippen molar-refractivity contribution in [3.63, 3.8) is 0 Å². The number of carbonyl (C=O) groups excluding carboxylic acids is 1. The van der Waals surface area contributed by atoms with E-state index in [9.17, 15) is 38.1 Å². The summed E-state index contributed by atoms with van der Waals surface area (Å²) >= 11 is 0. The van der Waals surface area contributed by atoms with Gasteiger partial charge in [0.15, 0.2) is 18.1 Å². The van der Waals surface area contributed by atoms with Crippen LogP contribution in [-0.2, 0) is 24.0 Å². The van der Waals surface area contributed by atoms with Crippen LogP contribution in [0.5, 0.6) is 23.0 Å². The summed E-state index contributed by atoms with van der Waals surface area (Å²) in [6.07, 6.45) is 0. The second-order valence-corrected chi connectivity index (χ2v) is 11.9. The van der Waals surface area contributed by atoms with Gasteiger partial charge in [0.2, 0.25) is 0 Å². The van der Waals surface area contributed by atoms with E-state index in [1.165, 1.54) is 38.5 Å². The second kappa shape index (κ2) is 32.3. The number of rotatable bonds is 13. The molecule has 0 amide bonds. The van der Waals surface area contributed by atoms with Gasteiger partial charge in [0, 0.05) is 11.1 Å². The maximum atomic E-state index is 11.3. The molecule has 18 nitrogen and oxygen atoms in total. The van der Waals surface area contributed by atoms with Gasteiger partial charge in [-0.2, -0.15) is 25.0 Å². The van der Waals surface area contributed by atoms with Crippen LogP contribution in [0, 0.1) is 52.2 Å². The Labute approximate surface area is 405 Å². The molecule has 3 aromatic carbocycles. The molecule has 0 fully saturated rings. The van der Waals surface area contributed by atoms with Gasteiger partial charge in [-0.15, -0.1) is 0 Å². The van der Waals surface area contributed by atoms with Crippen molar-refractivity contribution in [2.24, 2.45) is 0 Å². The average molecular weight is 847 g/mol. The quantitative estimate of drug-likeness (QED) is 0.0464. The predicted octanol–water partition coefficient (Wildman–Crippen LogP) is 1.03. The molecular weight excluding hydrogens is 806 g/mol. The van der Waals surface area contributed by atoms with E-state index in [1.807, 2.05) is 40.7 Å². The summed E-state index contributed by atoms with van der Waals surface area (Å²) in [4.78, 5) is 35.5. The van der Waals surface area contributed by atoms with E-state index >= 15 is 0 Å². The fraction of sp³-hybridized carbons (Fsp3) is 0.333. The van der Waals surface area contributed by atoms with E-state index in [-0.39, 0.29) is 161 Å². The Hall–Kier alpha value is -2.82. The fourth-order valence-corrected chi connectivity index (χ4v) is 4.56. The topological polar surface area (TPSA) is 252 Å². The van der Waals surface area contributed by atoms with Gasteiger partial charge in [0.25, 0.3) is 1.43 Å². The van der Waals surface area contributed by atoms with Crippen molar-refractivity contribution >= 4 is 28.0 Å². The second-order valence-electron chi connectivity index (χ2n) is 10.3. The van der Waals surface area contributed by atoms with Crippen LogP contribution in [0.25, 0.3) is 6.28 Å². The first-order valence-corrected chi connectivity index (χ1v) is 16.1. The molecule has 0 aliphatic carbocycles. The van der Waals surface area contributed by atoms with Gasteiger partial charge in [0.05, 0.1) is 41.1 Å². The van der Waals surface area contributed by atoms with E-state index in [0.717, 1.165) is 17.2 Å². The first kappa shape index (κ1) is 56.5. The van der Waals surface area contributed by atoms with Crippen LogP contribution < -0.4 is 117 Å². The van der Waals surface area contributed by atoms with E-state index < -0.39 is 26.7 Å². The largest absolute Gasteiger partial charge is 1.00 e. The number of nitro benzene ring substituents is 2. The Balaban J connectivity index is -0.000000330. The van der Waals surface area contributed by atoms with Crippen molar-refractivity contribution in [3.8, 4) is 29.1 Å². The minimum absolute atomic E-state index is 0. The van der Waals surface area contributed by atoms with Gasteiger partial charge in [-0.25, -0.2) is 11.8 Å². The molecule has 0 saturated carbocycles. The molecule has 22 heteroatoms. The van der Waals surface area contributed by atoms with E-state index in [0.29, 0.717) is 11.3 Å². The molecule has 0 atom stereocenters. The molecule has 55 heavy (non-hydrogen) atoms. The average Bonchev–Trinajstić information content (AvgIpc) is 3.14. The van der Waals surface area contributed by atoms with Crippen LogP contribution in [0.2, 0.25) is 0 Å². The number of phenols is 1. The molecule has 0 unspecified atom stereocenters. The van der Waals surface area contributed by atoms with Crippen molar-refractivity contribution in [1.29, 1.82) is 6.69 Å². The Morgan fingerprint density at radius 2 is 1.44 bits per heavy atom. The van der Waals surface area contributed by atoms with Crippen molar-refractivity contribution in [2.75, 3.05) is 27.6 Å². The summed E-state index contributed by atoms with van der Waals surface area (Å²) in [7, 11) is 0.739. The number of benzene rings is 3. The van der Waals surface area contributed by atoms with Gasteiger partial charge in [-0.3, -0.25) is 29.9 Å².